The van der Waals surface area contributed by atoms with Gasteiger partial charge in [-0.2, -0.15) is 0 Å². The number of fused-ring (bicyclic) bond motifs is 4. The van der Waals surface area contributed by atoms with Crippen molar-refractivity contribution in [2.45, 2.75) is 63.5 Å². The fourth-order valence-electron chi connectivity index (χ4n) is 6.55. The molecule has 0 spiro atoms. The molecule has 0 saturated carbocycles. The number of amides is 2. The highest BCUT2D eigenvalue weighted by atomic mass is 16.5. The first-order valence-corrected chi connectivity index (χ1v) is 13.7. The fraction of sp³-hybridized carbons (Fsp3) is 0.533. The number of methoxy groups -OCH3 is 2. The lowest BCUT2D eigenvalue weighted by Gasteiger charge is -2.45. The van der Waals surface area contributed by atoms with E-state index in [4.69, 9.17) is 9.47 Å². The van der Waals surface area contributed by atoms with Gasteiger partial charge in [0.25, 0.3) is 5.91 Å². The van der Waals surface area contributed by atoms with Crippen molar-refractivity contribution in [3.05, 3.63) is 58.7 Å². The predicted molar refractivity (Wildman–Crippen MR) is 143 cm³/mol. The topological polar surface area (TPSA) is 71.1 Å². The predicted octanol–water partition coefficient (Wildman–Crippen LogP) is 4.31. The van der Waals surface area contributed by atoms with Crippen LogP contribution < -0.4 is 14.8 Å². The third-order valence-electron chi connectivity index (χ3n) is 8.45. The molecule has 3 aliphatic rings. The molecule has 3 aliphatic heterocycles. The number of carbonyl (C=O) groups is 2. The van der Waals surface area contributed by atoms with E-state index in [0.29, 0.717) is 41.8 Å². The highest BCUT2D eigenvalue weighted by Crippen LogP contribution is 2.48. The molecule has 7 nitrogen and oxygen atoms in total. The maximum atomic E-state index is 13.9. The average molecular weight is 506 g/mol. The lowest BCUT2D eigenvalue weighted by molar-refractivity contribution is -0.124. The number of ether oxygens (including phenoxy) is 2. The molecular formula is C30H39N3O4. The van der Waals surface area contributed by atoms with Crippen LogP contribution in [0.3, 0.4) is 0 Å². The fourth-order valence-corrected chi connectivity index (χ4v) is 6.55. The van der Waals surface area contributed by atoms with Crippen molar-refractivity contribution >= 4 is 11.8 Å². The van der Waals surface area contributed by atoms with Gasteiger partial charge < -0.3 is 24.6 Å². The first-order valence-electron chi connectivity index (χ1n) is 13.7. The Balaban J connectivity index is 1.42. The average Bonchev–Trinajstić information content (AvgIpc) is 2.94. The summed E-state index contributed by atoms with van der Waals surface area (Å²) in [5.41, 5.74) is 3.49. The molecule has 1 saturated heterocycles. The summed E-state index contributed by atoms with van der Waals surface area (Å²) in [5.74, 6) is 0.401. The summed E-state index contributed by atoms with van der Waals surface area (Å²) in [6, 6.07) is 12.1. The smallest absolute Gasteiger partial charge is 0.254 e. The zero-order valence-corrected chi connectivity index (χ0v) is 22.3. The van der Waals surface area contributed by atoms with Crippen LogP contribution in [-0.2, 0) is 11.2 Å². The summed E-state index contributed by atoms with van der Waals surface area (Å²) < 4.78 is 11.1. The summed E-state index contributed by atoms with van der Waals surface area (Å²) >= 11 is 0. The van der Waals surface area contributed by atoms with Gasteiger partial charge in [0.1, 0.15) is 0 Å². The second-order valence-corrected chi connectivity index (χ2v) is 10.4. The normalized spacial score (nSPS) is 23.1. The lowest BCUT2D eigenvalue weighted by Crippen LogP contribution is -2.50. The number of hydrogen-bond acceptors (Lipinski definition) is 5. The number of rotatable bonds is 8. The van der Waals surface area contributed by atoms with Crippen molar-refractivity contribution in [3.63, 3.8) is 0 Å². The van der Waals surface area contributed by atoms with Gasteiger partial charge in [-0.25, -0.2) is 0 Å². The zero-order valence-electron chi connectivity index (χ0n) is 22.3. The van der Waals surface area contributed by atoms with Crippen LogP contribution in [0.15, 0.2) is 36.4 Å². The summed E-state index contributed by atoms with van der Waals surface area (Å²) in [4.78, 5) is 32.1. The van der Waals surface area contributed by atoms with Crippen molar-refractivity contribution in [2.24, 2.45) is 0 Å². The van der Waals surface area contributed by atoms with Crippen molar-refractivity contribution in [2.75, 3.05) is 40.4 Å². The molecule has 0 unspecified atom stereocenters. The molecule has 2 amide bonds. The molecule has 2 aromatic carbocycles. The number of likely N-dealkylation sites (tertiary alicyclic amines) is 1. The molecule has 5 rings (SSSR count). The molecule has 0 aliphatic carbocycles. The summed E-state index contributed by atoms with van der Waals surface area (Å²) in [6.07, 6.45) is 6.73. The molecule has 37 heavy (non-hydrogen) atoms. The van der Waals surface area contributed by atoms with E-state index >= 15 is 0 Å². The standard InChI is InChI=1S/C30H39N3O4/c1-4-21-11-7-8-15-32(21)16-9-14-31-29(34)27-23-18-25(36-2)26(37-3)19-24(23)30(35)33-17-13-20-10-5-6-12-22(20)28(27)33/h5-6,10,12,18-19,21,27-28H,4,7-9,11,13-17H2,1-3H3,(H,31,34)/t21-,27+,28+/m1/s1. The minimum Gasteiger partial charge on any atom is -0.493 e. The number of nitrogens with zero attached hydrogens (tertiary/aromatic N) is 2. The Morgan fingerprint density at radius 1 is 1.05 bits per heavy atom. The molecule has 0 bridgehead atoms. The maximum absolute atomic E-state index is 13.9. The van der Waals surface area contributed by atoms with E-state index in [2.05, 4.69) is 29.3 Å². The van der Waals surface area contributed by atoms with E-state index in [1.807, 2.05) is 23.1 Å². The summed E-state index contributed by atoms with van der Waals surface area (Å²) in [5, 5.41) is 3.23. The van der Waals surface area contributed by atoms with Crippen LogP contribution in [0.25, 0.3) is 0 Å². The van der Waals surface area contributed by atoms with E-state index in [0.717, 1.165) is 31.5 Å². The van der Waals surface area contributed by atoms with Crippen LogP contribution >= 0.6 is 0 Å². The van der Waals surface area contributed by atoms with Crippen LogP contribution in [-0.4, -0.2) is 68.1 Å². The highest BCUT2D eigenvalue weighted by molar-refractivity contribution is 6.02. The van der Waals surface area contributed by atoms with E-state index in [1.54, 1.807) is 20.3 Å². The van der Waals surface area contributed by atoms with E-state index < -0.39 is 5.92 Å². The second-order valence-electron chi connectivity index (χ2n) is 10.4. The van der Waals surface area contributed by atoms with Gasteiger partial charge in [-0.05, 0) is 67.5 Å². The van der Waals surface area contributed by atoms with Gasteiger partial charge >= 0.3 is 0 Å². The van der Waals surface area contributed by atoms with Crippen LogP contribution in [0.1, 0.15) is 78.0 Å². The quantitative estimate of drug-likeness (QED) is 0.542. The van der Waals surface area contributed by atoms with Gasteiger partial charge in [0.15, 0.2) is 11.5 Å². The first kappa shape index (κ1) is 25.6. The summed E-state index contributed by atoms with van der Waals surface area (Å²) in [6.45, 7) is 5.63. The monoisotopic (exact) mass is 505 g/mol. The molecular weight excluding hydrogens is 466 g/mol. The lowest BCUT2D eigenvalue weighted by atomic mass is 9.75. The van der Waals surface area contributed by atoms with Crippen LogP contribution in [0.5, 0.6) is 11.5 Å². The van der Waals surface area contributed by atoms with Crippen molar-refractivity contribution in [1.29, 1.82) is 0 Å². The SMILES string of the molecule is CC[C@@H]1CCCCN1CCCNC(=O)[C@H]1c2cc(OC)c(OC)cc2C(=O)N2CCc3ccccc3[C@@H]12. The minimum atomic E-state index is -0.521. The Kier molecular flexibility index (Phi) is 7.70. The second kappa shape index (κ2) is 11.1. The van der Waals surface area contributed by atoms with Crippen molar-refractivity contribution in [3.8, 4) is 11.5 Å². The largest absolute Gasteiger partial charge is 0.493 e. The Morgan fingerprint density at radius 2 is 1.84 bits per heavy atom. The number of nitrogens with one attached hydrogen (secondary N) is 1. The van der Waals surface area contributed by atoms with Crippen molar-refractivity contribution < 1.29 is 19.1 Å². The van der Waals surface area contributed by atoms with Crippen molar-refractivity contribution in [1.82, 2.24) is 15.1 Å². The maximum Gasteiger partial charge on any atom is 0.254 e. The third-order valence-corrected chi connectivity index (χ3v) is 8.45. The van der Waals surface area contributed by atoms with Crippen LogP contribution in [0.4, 0.5) is 0 Å². The molecule has 1 N–H and O–H groups in total. The molecule has 0 radical (unpaired) electrons. The van der Waals surface area contributed by atoms with Gasteiger partial charge in [-0.1, -0.05) is 37.6 Å². The minimum absolute atomic E-state index is 0.0432. The number of benzene rings is 2. The molecule has 3 heterocycles. The molecule has 0 aromatic heterocycles. The number of carbonyl (C=O) groups excluding carboxylic acids is 2. The van der Waals surface area contributed by atoms with Gasteiger partial charge in [-0.15, -0.1) is 0 Å². The zero-order chi connectivity index (χ0) is 25.9. The molecule has 1 fully saturated rings. The number of piperidine rings is 1. The van der Waals surface area contributed by atoms with Gasteiger partial charge in [0.2, 0.25) is 5.91 Å². The molecule has 7 heteroatoms. The number of hydrogen-bond donors (Lipinski definition) is 1. The van der Waals surface area contributed by atoms with E-state index in [9.17, 15) is 9.59 Å². The van der Waals surface area contributed by atoms with Gasteiger partial charge in [-0.3, -0.25) is 9.59 Å². The van der Waals surface area contributed by atoms with E-state index in [-0.39, 0.29) is 17.9 Å². The molecule has 198 valence electrons. The van der Waals surface area contributed by atoms with E-state index in [1.165, 1.54) is 31.2 Å². The molecule has 2 aromatic rings. The Morgan fingerprint density at radius 3 is 2.62 bits per heavy atom. The molecule has 3 atom stereocenters. The summed E-state index contributed by atoms with van der Waals surface area (Å²) in [7, 11) is 3.14. The highest BCUT2D eigenvalue weighted by Gasteiger charge is 2.46. The van der Waals surface area contributed by atoms with Gasteiger partial charge in [0, 0.05) is 31.2 Å². The van der Waals surface area contributed by atoms with Gasteiger partial charge in [0.05, 0.1) is 26.2 Å². The van der Waals surface area contributed by atoms with Crippen LogP contribution in [0, 0.1) is 0 Å². The Labute approximate surface area is 220 Å². The Bertz CT molecular complexity index is 1150. The Hall–Kier alpha value is -3.06. The first-order chi connectivity index (χ1) is 18.1. The third kappa shape index (κ3) is 4.81. The van der Waals surface area contributed by atoms with Crippen LogP contribution in [0.2, 0.25) is 0 Å².